The highest BCUT2D eigenvalue weighted by molar-refractivity contribution is 7.33. The molecule has 0 amide bonds. The van der Waals surface area contributed by atoms with E-state index in [1.54, 1.807) is 27.7 Å². The second-order valence-corrected chi connectivity index (χ2v) is 3.98. The van der Waals surface area contributed by atoms with Crippen molar-refractivity contribution >= 4 is 20.0 Å². The second-order valence-electron chi connectivity index (χ2n) is 3.11. The summed E-state index contributed by atoms with van der Waals surface area (Å²) in [5, 5.41) is 0. The number of nitrogens with zero attached hydrogens (tertiary/aromatic N) is 2. The van der Waals surface area contributed by atoms with E-state index in [1.165, 1.54) is 0 Å². The largest absolute Gasteiger partial charge is 0.805 e. The van der Waals surface area contributed by atoms with Gasteiger partial charge in [-0.15, -0.1) is 0 Å². The maximum absolute atomic E-state index is 11.4. The van der Waals surface area contributed by atoms with Crippen molar-refractivity contribution < 1.29 is 42.8 Å². The SMILES string of the molecule is CCO[N+](=C=CO[P+](=O)OC=C=[N+](OCC)OCC)OCC. The molecule has 0 aromatic carbocycles. The molecule has 0 aliphatic rings. The topological polar surface area (TPSA) is 78.5 Å². The van der Waals surface area contributed by atoms with Gasteiger partial charge in [-0.3, -0.25) is 0 Å². The Labute approximate surface area is 130 Å². The molecule has 0 unspecified atom stereocenters. The molecule has 9 nitrogen and oxygen atoms in total. The molecule has 0 saturated carbocycles. The Morgan fingerprint density at radius 3 is 1.36 bits per heavy atom. The molecule has 0 atom stereocenters. The minimum Gasteiger partial charge on any atom is -0.222 e. The average molecular weight is 337 g/mol. The lowest BCUT2D eigenvalue weighted by atomic mass is 10.9. The third-order valence-electron chi connectivity index (χ3n) is 1.58. The third kappa shape index (κ3) is 10.6. The summed E-state index contributed by atoms with van der Waals surface area (Å²) in [5.74, 6) is 4.95. The standard InChI is InChI=1S/C12H22N2O7P/c1-5-16-13(17-6-2)9-11-20-22(15)21-12-10-14(18-7-3)19-8-4/h11-12H,5-8H2,1-4H3/q+3. The Balaban J connectivity index is 4.49. The van der Waals surface area contributed by atoms with Crippen LogP contribution in [0, 0.1) is 0 Å². The van der Waals surface area contributed by atoms with Gasteiger partial charge in [0, 0.05) is 4.57 Å². The smallest absolute Gasteiger partial charge is 0.222 e. The molecule has 0 radical (unpaired) electrons. The quantitative estimate of drug-likeness (QED) is 0.233. The van der Waals surface area contributed by atoms with Crippen LogP contribution < -0.4 is 0 Å². The van der Waals surface area contributed by atoms with Crippen molar-refractivity contribution in [3.8, 4) is 0 Å². The first-order valence-corrected chi connectivity index (χ1v) is 7.85. The minimum atomic E-state index is -2.44. The monoisotopic (exact) mass is 337 g/mol. The first-order chi connectivity index (χ1) is 10.7. The molecule has 0 aliphatic heterocycles. The minimum absolute atomic E-state index is 0.381. The molecule has 0 fully saturated rings. The first kappa shape index (κ1) is 19.8. The van der Waals surface area contributed by atoms with Gasteiger partial charge in [-0.05, 0) is 27.7 Å². The van der Waals surface area contributed by atoms with Crippen LogP contribution in [-0.2, 0) is 33.0 Å². The molecule has 0 aliphatic carbocycles. The zero-order chi connectivity index (χ0) is 16.6. The molecule has 0 aromatic heterocycles. The van der Waals surface area contributed by atoms with Gasteiger partial charge in [0.05, 0.1) is 0 Å². The van der Waals surface area contributed by atoms with Crippen molar-refractivity contribution in [2.75, 3.05) is 26.4 Å². The molecule has 0 heterocycles. The van der Waals surface area contributed by atoms with Gasteiger partial charge in [0.2, 0.25) is 0 Å². The van der Waals surface area contributed by atoms with Crippen molar-refractivity contribution in [1.82, 2.24) is 0 Å². The lowest BCUT2D eigenvalue weighted by Gasteiger charge is -1.92. The number of rotatable bonds is 12. The lowest BCUT2D eigenvalue weighted by Crippen LogP contribution is -2.12. The molecular weight excluding hydrogens is 315 g/mol. The number of hydrogen-bond donors (Lipinski definition) is 0. The Hall–Kier alpha value is -2.20. The van der Waals surface area contributed by atoms with Crippen LogP contribution >= 0.6 is 8.25 Å². The Morgan fingerprint density at radius 2 is 1.09 bits per heavy atom. The highest BCUT2D eigenvalue weighted by Gasteiger charge is 2.20. The molecule has 22 heavy (non-hydrogen) atoms. The normalized spacial score (nSPS) is 9.36. The van der Waals surface area contributed by atoms with Gasteiger partial charge < -0.3 is 0 Å². The zero-order valence-electron chi connectivity index (χ0n) is 13.2. The van der Waals surface area contributed by atoms with Crippen LogP contribution in [0.25, 0.3) is 0 Å². The molecule has 0 spiro atoms. The van der Waals surface area contributed by atoms with Crippen LogP contribution in [0.2, 0.25) is 0 Å². The van der Waals surface area contributed by atoms with Crippen LogP contribution in [0.4, 0.5) is 0 Å². The van der Waals surface area contributed by atoms with Gasteiger partial charge in [-0.25, -0.2) is 28.4 Å². The van der Waals surface area contributed by atoms with Gasteiger partial charge >= 0.3 is 20.0 Å². The average Bonchev–Trinajstić information content (AvgIpc) is 2.48. The summed E-state index contributed by atoms with van der Waals surface area (Å²) in [4.78, 5) is 22.0. The van der Waals surface area contributed by atoms with E-state index < -0.39 is 8.25 Å². The summed E-state index contributed by atoms with van der Waals surface area (Å²) >= 11 is 0. The molecule has 0 N–H and O–H groups in total. The molecule has 10 heteroatoms. The Kier molecular flexibility index (Phi) is 12.4. The summed E-state index contributed by atoms with van der Waals surface area (Å²) in [6, 6.07) is 0. The van der Waals surface area contributed by atoms with E-state index in [0.29, 0.717) is 26.4 Å². The van der Waals surface area contributed by atoms with Crippen molar-refractivity contribution in [2.24, 2.45) is 0 Å². The van der Waals surface area contributed by atoms with E-state index >= 15 is 0 Å². The Bertz CT molecular complexity index is 398. The zero-order valence-corrected chi connectivity index (χ0v) is 14.1. The van der Waals surface area contributed by atoms with Crippen molar-refractivity contribution in [1.29, 1.82) is 0 Å². The van der Waals surface area contributed by atoms with Crippen LogP contribution in [0.1, 0.15) is 27.7 Å². The summed E-state index contributed by atoms with van der Waals surface area (Å²) in [7, 11) is -2.44. The van der Waals surface area contributed by atoms with Crippen LogP contribution in [0.5, 0.6) is 0 Å². The fourth-order valence-corrected chi connectivity index (χ4v) is 1.25. The number of hydrogen-bond acceptors (Lipinski definition) is 7. The lowest BCUT2D eigenvalue weighted by molar-refractivity contribution is -0.963. The molecule has 0 bridgehead atoms. The van der Waals surface area contributed by atoms with E-state index in [-0.39, 0.29) is 0 Å². The van der Waals surface area contributed by atoms with E-state index in [0.717, 1.165) is 22.3 Å². The van der Waals surface area contributed by atoms with E-state index in [1.807, 2.05) is 0 Å². The van der Waals surface area contributed by atoms with E-state index in [4.69, 9.17) is 28.4 Å². The second kappa shape index (κ2) is 13.8. The predicted octanol–water partition coefficient (Wildman–Crippen LogP) is 1.87. The highest BCUT2D eigenvalue weighted by Crippen LogP contribution is 2.23. The molecule has 0 rings (SSSR count). The predicted molar refractivity (Wildman–Crippen MR) is 76.0 cm³/mol. The van der Waals surface area contributed by atoms with Gasteiger partial charge in [0.25, 0.3) is 22.3 Å². The molecule has 124 valence electrons. The maximum Gasteiger partial charge on any atom is 0.805 e. The first-order valence-electron chi connectivity index (χ1n) is 6.76. The van der Waals surface area contributed by atoms with Crippen molar-refractivity contribution in [3.63, 3.8) is 0 Å². The summed E-state index contributed by atoms with van der Waals surface area (Å²) in [5.41, 5.74) is 0. The van der Waals surface area contributed by atoms with Crippen LogP contribution in [0.15, 0.2) is 12.5 Å². The van der Waals surface area contributed by atoms with Crippen molar-refractivity contribution in [3.05, 3.63) is 12.5 Å². The summed E-state index contributed by atoms with van der Waals surface area (Å²) in [6.07, 6.45) is 2.00. The van der Waals surface area contributed by atoms with Gasteiger partial charge in [0.1, 0.15) is 0 Å². The highest BCUT2D eigenvalue weighted by atomic mass is 31.1. The fraction of sp³-hybridized carbons (Fsp3) is 0.667. The Morgan fingerprint density at radius 1 is 0.773 bits per heavy atom. The fourth-order valence-electron chi connectivity index (χ4n) is 0.937. The van der Waals surface area contributed by atoms with Gasteiger partial charge in [-0.1, -0.05) is 0 Å². The van der Waals surface area contributed by atoms with Gasteiger partial charge in [0.15, 0.2) is 26.4 Å². The van der Waals surface area contributed by atoms with E-state index in [2.05, 4.69) is 11.7 Å². The molecule has 0 aromatic rings. The van der Waals surface area contributed by atoms with E-state index in [9.17, 15) is 4.57 Å². The van der Waals surface area contributed by atoms with Crippen LogP contribution in [0.3, 0.4) is 0 Å². The van der Waals surface area contributed by atoms with Gasteiger partial charge in [-0.2, -0.15) is 0 Å². The van der Waals surface area contributed by atoms with Crippen LogP contribution in [-0.4, -0.2) is 48.0 Å². The maximum atomic E-state index is 11.4. The molecule has 0 saturated heterocycles. The summed E-state index contributed by atoms with van der Waals surface area (Å²) < 4.78 is 20.9. The third-order valence-corrected chi connectivity index (χ3v) is 2.13. The van der Waals surface area contributed by atoms with Crippen molar-refractivity contribution in [2.45, 2.75) is 27.7 Å². The molecular formula is C12H22N2O7P+3. The summed E-state index contributed by atoms with van der Waals surface area (Å²) in [6.45, 7) is 8.64.